The van der Waals surface area contributed by atoms with E-state index in [1.807, 2.05) is 0 Å². The van der Waals surface area contributed by atoms with Crippen molar-refractivity contribution in [1.29, 1.82) is 0 Å². The van der Waals surface area contributed by atoms with Gasteiger partial charge in [0.15, 0.2) is 0 Å². The maximum atomic E-state index is 12.9. The Morgan fingerprint density at radius 1 is 1.29 bits per heavy atom. The van der Waals surface area contributed by atoms with Gasteiger partial charge in [-0.2, -0.15) is 13.2 Å². The number of benzene rings is 1. The van der Waals surface area contributed by atoms with Crippen LogP contribution >= 0.6 is 0 Å². The molecule has 1 aliphatic heterocycles. The third-order valence-electron chi connectivity index (χ3n) is 2.93. The molecule has 2 rings (SSSR count). The minimum atomic E-state index is -4.49. The van der Waals surface area contributed by atoms with Crippen molar-refractivity contribution in [3.63, 3.8) is 0 Å². The van der Waals surface area contributed by atoms with Crippen molar-refractivity contribution in [1.82, 2.24) is 0 Å². The van der Waals surface area contributed by atoms with Crippen molar-refractivity contribution in [3.05, 3.63) is 23.3 Å². The molecule has 17 heavy (non-hydrogen) atoms. The highest BCUT2D eigenvalue weighted by Gasteiger charge is 2.38. The highest BCUT2D eigenvalue weighted by molar-refractivity contribution is 5.96. The van der Waals surface area contributed by atoms with Crippen LogP contribution in [0.5, 0.6) is 0 Å². The Balaban J connectivity index is 2.66. The number of carbonyl (C=O) groups excluding carboxylic acids is 1. The van der Waals surface area contributed by atoms with E-state index in [4.69, 9.17) is 5.73 Å². The van der Waals surface area contributed by atoms with E-state index in [0.29, 0.717) is 5.69 Å². The van der Waals surface area contributed by atoms with Gasteiger partial charge in [-0.05, 0) is 24.1 Å². The quantitative estimate of drug-likeness (QED) is 0.711. The fraction of sp³-hybridized carbons (Fsp3) is 0.364. The summed E-state index contributed by atoms with van der Waals surface area (Å²) in [7, 11) is 1.47. The molecule has 2 N–H and O–H groups in total. The number of nitrogen functional groups attached to an aromatic ring is 1. The molecular formula is C11H11F3N2O. The number of halogens is 3. The average Bonchev–Trinajstić information content (AvgIpc) is 2.21. The van der Waals surface area contributed by atoms with Crippen LogP contribution in [0.1, 0.15) is 17.5 Å². The second-order valence-electron chi connectivity index (χ2n) is 3.98. The molecule has 0 atom stereocenters. The Kier molecular flexibility index (Phi) is 2.52. The van der Waals surface area contributed by atoms with Crippen LogP contribution in [-0.2, 0) is 17.4 Å². The first kappa shape index (κ1) is 11.8. The van der Waals surface area contributed by atoms with Crippen molar-refractivity contribution < 1.29 is 18.0 Å². The summed E-state index contributed by atoms with van der Waals surface area (Å²) in [5.41, 5.74) is 4.69. The Bertz CT molecular complexity index is 482. The molecule has 0 aromatic heterocycles. The second kappa shape index (κ2) is 3.65. The number of nitrogens with two attached hydrogens (primary N) is 1. The lowest BCUT2D eigenvalue weighted by atomic mass is 9.94. The first-order valence-electron chi connectivity index (χ1n) is 5.07. The van der Waals surface area contributed by atoms with Crippen LogP contribution in [0, 0.1) is 0 Å². The Morgan fingerprint density at radius 2 is 1.94 bits per heavy atom. The molecule has 0 saturated heterocycles. The maximum Gasteiger partial charge on any atom is 0.418 e. The smallest absolute Gasteiger partial charge is 0.398 e. The Morgan fingerprint density at radius 3 is 2.53 bits per heavy atom. The number of hydrogen-bond donors (Lipinski definition) is 1. The van der Waals surface area contributed by atoms with Crippen LogP contribution < -0.4 is 10.6 Å². The van der Waals surface area contributed by atoms with Gasteiger partial charge < -0.3 is 10.6 Å². The van der Waals surface area contributed by atoms with E-state index in [-0.39, 0.29) is 30.0 Å². The SMILES string of the molecule is CN1C(=O)CCc2c1ccc(N)c2C(F)(F)F. The minimum Gasteiger partial charge on any atom is -0.398 e. The first-order chi connectivity index (χ1) is 7.82. The standard InChI is InChI=1S/C11H11F3N2O/c1-16-8-4-3-7(15)10(11(12,13)14)6(8)2-5-9(16)17/h3-4H,2,5,15H2,1H3. The number of hydrogen-bond acceptors (Lipinski definition) is 2. The summed E-state index contributed by atoms with van der Waals surface area (Å²) in [4.78, 5) is 12.7. The molecule has 1 aromatic rings. The van der Waals surface area contributed by atoms with Gasteiger partial charge in [0.2, 0.25) is 5.91 Å². The summed E-state index contributed by atoms with van der Waals surface area (Å²) >= 11 is 0. The lowest BCUT2D eigenvalue weighted by molar-refractivity contribution is -0.137. The topological polar surface area (TPSA) is 46.3 Å². The van der Waals surface area contributed by atoms with Crippen molar-refractivity contribution in [3.8, 4) is 0 Å². The molecule has 0 saturated carbocycles. The first-order valence-corrected chi connectivity index (χ1v) is 5.07. The van der Waals surface area contributed by atoms with E-state index in [1.165, 1.54) is 24.1 Å². The number of nitrogens with zero attached hydrogens (tertiary/aromatic N) is 1. The number of amides is 1. The third-order valence-corrected chi connectivity index (χ3v) is 2.93. The van der Waals surface area contributed by atoms with E-state index in [2.05, 4.69) is 0 Å². The lowest BCUT2D eigenvalue weighted by Gasteiger charge is -2.28. The van der Waals surface area contributed by atoms with E-state index in [1.54, 1.807) is 0 Å². The number of anilines is 2. The normalized spacial score (nSPS) is 16.0. The number of fused-ring (bicyclic) bond motifs is 1. The van der Waals surface area contributed by atoms with Crippen molar-refractivity contribution >= 4 is 17.3 Å². The maximum absolute atomic E-state index is 12.9. The van der Waals surface area contributed by atoms with E-state index in [0.717, 1.165) is 0 Å². The molecule has 0 spiro atoms. The Hall–Kier alpha value is -1.72. The monoisotopic (exact) mass is 244 g/mol. The highest BCUT2D eigenvalue weighted by atomic mass is 19.4. The fourth-order valence-electron chi connectivity index (χ4n) is 2.09. The zero-order chi connectivity index (χ0) is 12.8. The molecule has 0 unspecified atom stereocenters. The summed E-state index contributed by atoms with van der Waals surface area (Å²) in [6, 6.07) is 2.65. The molecule has 3 nitrogen and oxygen atoms in total. The van der Waals surface area contributed by atoms with Crippen LogP contribution in [0.4, 0.5) is 24.5 Å². The van der Waals surface area contributed by atoms with Crippen molar-refractivity contribution in [2.45, 2.75) is 19.0 Å². The number of alkyl halides is 3. The molecule has 0 aliphatic carbocycles. The zero-order valence-corrected chi connectivity index (χ0v) is 9.14. The molecule has 1 aliphatic rings. The van der Waals surface area contributed by atoms with Gasteiger partial charge in [-0.15, -0.1) is 0 Å². The van der Waals surface area contributed by atoms with Crippen LogP contribution in [0.15, 0.2) is 12.1 Å². The number of carbonyl (C=O) groups is 1. The summed E-state index contributed by atoms with van der Waals surface area (Å²) in [5.74, 6) is -0.185. The largest absolute Gasteiger partial charge is 0.418 e. The lowest BCUT2D eigenvalue weighted by Crippen LogP contribution is -2.32. The van der Waals surface area contributed by atoms with Gasteiger partial charge in [-0.1, -0.05) is 0 Å². The summed E-state index contributed by atoms with van der Waals surface area (Å²) in [6.45, 7) is 0. The molecule has 6 heteroatoms. The van der Waals surface area contributed by atoms with Gasteiger partial charge in [0.05, 0.1) is 5.56 Å². The van der Waals surface area contributed by atoms with E-state index >= 15 is 0 Å². The molecule has 1 heterocycles. The molecule has 0 fully saturated rings. The summed E-state index contributed by atoms with van der Waals surface area (Å²) in [6.07, 6.45) is -4.33. The average molecular weight is 244 g/mol. The molecule has 0 radical (unpaired) electrons. The molecule has 1 amide bonds. The van der Waals surface area contributed by atoms with E-state index < -0.39 is 11.7 Å². The van der Waals surface area contributed by atoms with Crippen LogP contribution in [0.2, 0.25) is 0 Å². The minimum absolute atomic E-state index is 0.0794. The fourth-order valence-corrected chi connectivity index (χ4v) is 2.09. The van der Waals surface area contributed by atoms with Gasteiger partial charge in [-0.25, -0.2) is 0 Å². The zero-order valence-electron chi connectivity index (χ0n) is 9.14. The summed E-state index contributed by atoms with van der Waals surface area (Å²) in [5, 5.41) is 0. The van der Waals surface area contributed by atoms with Gasteiger partial charge in [0, 0.05) is 24.8 Å². The molecule has 92 valence electrons. The predicted molar refractivity (Wildman–Crippen MR) is 57.6 cm³/mol. The molecular weight excluding hydrogens is 233 g/mol. The van der Waals surface area contributed by atoms with Gasteiger partial charge in [0.1, 0.15) is 0 Å². The number of rotatable bonds is 0. The van der Waals surface area contributed by atoms with Crippen LogP contribution in [-0.4, -0.2) is 13.0 Å². The van der Waals surface area contributed by atoms with Gasteiger partial charge in [0.25, 0.3) is 0 Å². The second-order valence-corrected chi connectivity index (χ2v) is 3.98. The van der Waals surface area contributed by atoms with Crippen LogP contribution in [0.25, 0.3) is 0 Å². The van der Waals surface area contributed by atoms with Crippen LogP contribution in [0.3, 0.4) is 0 Å². The van der Waals surface area contributed by atoms with Gasteiger partial charge >= 0.3 is 6.18 Å². The van der Waals surface area contributed by atoms with Gasteiger partial charge in [-0.3, -0.25) is 4.79 Å². The summed E-state index contributed by atoms with van der Waals surface area (Å²) < 4.78 is 38.6. The molecule has 0 bridgehead atoms. The van der Waals surface area contributed by atoms with E-state index in [9.17, 15) is 18.0 Å². The molecule has 1 aromatic carbocycles. The predicted octanol–water partition coefficient (Wildman–Crippen LogP) is 2.20. The van der Waals surface area contributed by atoms with Crippen molar-refractivity contribution in [2.75, 3.05) is 17.7 Å². The third kappa shape index (κ3) is 1.83. The Labute approximate surface area is 96.0 Å². The highest BCUT2D eigenvalue weighted by Crippen LogP contribution is 2.42. The van der Waals surface area contributed by atoms with Crippen molar-refractivity contribution in [2.24, 2.45) is 0 Å².